The van der Waals surface area contributed by atoms with Crippen molar-refractivity contribution in [1.29, 1.82) is 0 Å². The van der Waals surface area contributed by atoms with E-state index in [-0.39, 0.29) is 0 Å². The van der Waals surface area contributed by atoms with Gasteiger partial charge < -0.3 is 5.84 Å². The van der Waals surface area contributed by atoms with Gasteiger partial charge in [-0.2, -0.15) is 5.10 Å². The number of sulfone groups is 1. The molecule has 0 aromatic rings. The smallest absolute Gasteiger partial charge is 0.240 e. The van der Waals surface area contributed by atoms with Gasteiger partial charge in [0.05, 0.1) is 0 Å². The second kappa shape index (κ2) is 2.32. The molecule has 8 heavy (non-hydrogen) atoms. The van der Waals surface area contributed by atoms with Gasteiger partial charge in [-0.25, -0.2) is 8.42 Å². The van der Waals surface area contributed by atoms with Gasteiger partial charge in [-0.05, 0) is 11.6 Å². The zero-order chi connectivity index (χ0) is 6.78. The van der Waals surface area contributed by atoms with Crippen molar-refractivity contribution in [3.63, 3.8) is 0 Å². The molecule has 0 aliphatic heterocycles. The predicted molar refractivity (Wildman–Crippen MR) is 32.3 cm³/mol. The van der Waals surface area contributed by atoms with Crippen LogP contribution in [0.25, 0.3) is 0 Å². The number of hydrogen-bond acceptors (Lipinski definition) is 4. The van der Waals surface area contributed by atoms with Gasteiger partial charge in [-0.3, -0.25) is 0 Å². The van der Waals surface area contributed by atoms with Crippen LogP contribution in [0.1, 0.15) is 0 Å². The molecule has 0 saturated carbocycles. The van der Waals surface area contributed by atoms with Crippen LogP contribution in [0.5, 0.6) is 0 Å². The molecule has 48 valence electrons. The topological polar surface area (TPSA) is 72.5 Å². The van der Waals surface area contributed by atoms with E-state index in [1.807, 2.05) is 0 Å². The van der Waals surface area contributed by atoms with E-state index in [1.54, 1.807) is 0 Å². The van der Waals surface area contributed by atoms with Crippen molar-refractivity contribution in [2.24, 2.45) is 10.9 Å². The van der Waals surface area contributed by atoms with Crippen LogP contribution in [-0.2, 0) is 9.84 Å². The lowest BCUT2D eigenvalue weighted by Crippen LogP contribution is -2.07. The first-order valence-corrected chi connectivity index (χ1v) is 3.89. The highest BCUT2D eigenvalue weighted by Gasteiger charge is 2.07. The Hall–Kier alpha value is -0.290. The highest BCUT2D eigenvalue weighted by Crippen LogP contribution is 1.91. The van der Waals surface area contributed by atoms with Crippen LogP contribution >= 0.6 is 11.6 Å². The highest BCUT2D eigenvalue weighted by molar-refractivity contribution is 8.08. The molecule has 2 N–H and O–H groups in total. The van der Waals surface area contributed by atoms with Crippen LogP contribution in [0.15, 0.2) is 5.10 Å². The monoisotopic (exact) mass is 156 g/mol. The van der Waals surface area contributed by atoms with E-state index >= 15 is 0 Å². The number of halogens is 1. The zero-order valence-corrected chi connectivity index (χ0v) is 5.70. The lowest BCUT2D eigenvalue weighted by Gasteiger charge is -1.86. The van der Waals surface area contributed by atoms with Gasteiger partial charge in [0.2, 0.25) is 14.3 Å². The lowest BCUT2D eigenvalue weighted by atomic mass is 11.7. The summed E-state index contributed by atoms with van der Waals surface area (Å²) >= 11 is 4.98. The normalized spacial score (nSPS) is 14.0. The molecule has 0 aromatic carbocycles. The van der Waals surface area contributed by atoms with E-state index in [1.165, 1.54) is 0 Å². The third kappa shape index (κ3) is 2.13. The SMILES string of the molecule is CS(=O)(=O)/C(Cl)=N/N. The average Bonchev–Trinajstić information content (AvgIpc) is 1.62. The van der Waals surface area contributed by atoms with E-state index in [0.29, 0.717) is 0 Å². The molecule has 0 heterocycles. The van der Waals surface area contributed by atoms with Gasteiger partial charge >= 0.3 is 0 Å². The quantitative estimate of drug-likeness (QED) is 0.222. The van der Waals surface area contributed by atoms with Crippen LogP contribution in [0, 0.1) is 0 Å². The fraction of sp³-hybridized carbons (Fsp3) is 0.500. The number of rotatable bonds is 0. The molecule has 0 bridgehead atoms. The van der Waals surface area contributed by atoms with Crippen molar-refractivity contribution < 1.29 is 8.42 Å². The summed E-state index contributed by atoms with van der Waals surface area (Å²) in [7, 11) is -3.36. The van der Waals surface area contributed by atoms with Gasteiger partial charge in [0.15, 0.2) is 0 Å². The molecule has 0 atom stereocenters. The van der Waals surface area contributed by atoms with Crippen molar-refractivity contribution >= 4 is 25.9 Å². The molecule has 0 unspecified atom stereocenters. The van der Waals surface area contributed by atoms with Crippen LogP contribution in [0.2, 0.25) is 0 Å². The first-order valence-electron chi connectivity index (χ1n) is 1.62. The summed E-state index contributed by atoms with van der Waals surface area (Å²) in [5, 5.41) is 2.75. The minimum atomic E-state index is -3.36. The first-order chi connectivity index (χ1) is 3.48. The Kier molecular flexibility index (Phi) is 2.24. The maximum Gasteiger partial charge on any atom is 0.240 e. The fourth-order valence-corrected chi connectivity index (χ4v) is 0.287. The summed E-state index contributed by atoms with van der Waals surface area (Å²) in [6.45, 7) is 0. The Labute approximate surface area is 52.2 Å². The van der Waals surface area contributed by atoms with E-state index in [9.17, 15) is 8.42 Å². The van der Waals surface area contributed by atoms with Crippen molar-refractivity contribution in [2.75, 3.05) is 6.26 Å². The molecule has 0 radical (unpaired) electrons. The highest BCUT2D eigenvalue weighted by atomic mass is 35.5. The molecule has 0 aliphatic carbocycles. The van der Waals surface area contributed by atoms with Gasteiger partial charge in [0, 0.05) is 6.26 Å². The second-order valence-electron chi connectivity index (χ2n) is 1.15. The maximum absolute atomic E-state index is 10.2. The number of nitrogens with zero attached hydrogens (tertiary/aromatic N) is 1. The summed E-state index contributed by atoms with van der Waals surface area (Å²) in [6.07, 6.45) is 0.922. The number of hydrogen-bond donors (Lipinski definition) is 1. The minimum absolute atomic E-state index is 0.572. The Morgan fingerprint density at radius 3 is 2.12 bits per heavy atom. The second-order valence-corrected chi connectivity index (χ2v) is 3.67. The van der Waals surface area contributed by atoms with Crippen LogP contribution in [-0.4, -0.2) is 19.2 Å². The van der Waals surface area contributed by atoms with Crippen LogP contribution in [0.3, 0.4) is 0 Å². The van der Waals surface area contributed by atoms with Gasteiger partial charge in [-0.1, -0.05) is 0 Å². The van der Waals surface area contributed by atoms with E-state index in [2.05, 4.69) is 10.9 Å². The molecular weight excluding hydrogens is 152 g/mol. The molecule has 0 aliphatic rings. The fourth-order valence-electron chi connectivity index (χ4n) is 0.0957. The van der Waals surface area contributed by atoms with Crippen LogP contribution in [0.4, 0.5) is 0 Å². The third-order valence-electron chi connectivity index (χ3n) is 0.407. The standard InChI is InChI=1S/C2H5ClN2O2S/c1-8(6,7)2(3)5-4/h4H2,1H3/b5-2+. The Morgan fingerprint density at radius 1 is 1.75 bits per heavy atom. The Bertz CT molecular complexity index is 194. The van der Waals surface area contributed by atoms with E-state index < -0.39 is 14.3 Å². The Balaban J connectivity index is 4.55. The molecule has 6 heteroatoms. The average molecular weight is 157 g/mol. The van der Waals surface area contributed by atoms with Gasteiger partial charge in [0.25, 0.3) is 0 Å². The van der Waals surface area contributed by atoms with Crippen molar-refractivity contribution in [1.82, 2.24) is 0 Å². The van der Waals surface area contributed by atoms with Gasteiger partial charge in [-0.15, -0.1) is 0 Å². The van der Waals surface area contributed by atoms with Crippen LogP contribution < -0.4 is 5.84 Å². The lowest BCUT2D eigenvalue weighted by molar-refractivity contribution is 0.613. The van der Waals surface area contributed by atoms with Gasteiger partial charge in [0.1, 0.15) is 0 Å². The molecule has 0 aromatic heterocycles. The molecule has 0 amide bonds. The maximum atomic E-state index is 10.2. The largest absolute Gasteiger partial charge is 0.321 e. The third-order valence-corrected chi connectivity index (χ3v) is 2.06. The molecule has 4 nitrogen and oxygen atoms in total. The van der Waals surface area contributed by atoms with Crippen molar-refractivity contribution in [3.05, 3.63) is 0 Å². The summed E-state index contributed by atoms with van der Waals surface area (Å²) < 4.78 is 19.9. The van der Waals surface area contributed by atoms with Crippen molar-refractivity contribution in [3.8, 4) is 0 Å². The summed E-state index contributed by atoms with van der Waals surface area (Å²) in [6, 6.07) is 0. The predicted octanol–water partition coefficient (Wildman–Crippen LogP) is -0.500. The van der Waals surface area contributed by atoms with E-state index in [4.69, 9.17) is 11.6 Å². The van der Waals surface area contributed by atoms with E-state index in [0.717, 1.165) is 6.26 Å². The molecule has 0 saturated heterocycles. The summed E-state index contributed by atoms with van der Waals surface area (Å²) in [4.78, 5) is 0. The molecular formula is C2H5ClN2O2S. The molecule has 0 rings (SSSR count). The molecule has 0 fully saturated rings. The number of hydrazone groups is 1. The molecule has 0 spiro atoms. The summed E-state index contributed by atoms with van der Waals surface area (Å²) in [5.74, 6) is 4.54. The number of nitrogens with two attached hydrogens (primary N) is 1. The first kappa shape index (κ1) is 7.71. The zero-order valence-electron chi connectivity index (χ0n) is 4.13. The Morgan fingerprint density at radius 2 is 2.12 bits per heavy atom. The summed E-state index contributed by atoms with van der Waals surface area (Å²) in [5.41, 5.74) is 0. The minimum Gasteiger partial charge on any atom is -0.321 e. The van der Waals surface area contributed by atoms with Crippen molar-refractivity contribution in [2.45, 2.75) is 0 Å².